The van der Waals surface area contributed by atoms with Gasteiger partial charge in [0.05, 0.1) is 11.7 Å². The molecule has 0 fully saturated rings. The van der Waals surface area contributed by atoms with E-state index >= 15 is 0 Å². The van der Waals surface area contributed by atoms with Gasteiger partial charge in [-0.25, -0.2) is 13.8 Å². The zero-order valence-electron chi connectivity index (χ0n) is 16.2. The molecule has 3 aromatic rings. The van der Waals surface area contributed by atoms with Crippen molar-refractivity contribution >= 4 is 11.9 Å². The lowest BCUT2D eigenvalue weighted by atomic mass is 9.99. The van der Waals surface area contributed by atoms with Crippen LogP contribution in [0.5, 0.6) is 0 Å². The second-order valence-corrected chi connectivity index (χ2v) is 6.97. The van der Waals surface area contributed by atoms with Gasteiger partial charge in [-0.05, 0) is 43.7 Å². The standard InChI is InChI=1S/C20H20F2N6O/c1-12(29)24-10-13-6-7-15(21)14(9-13)17-11-25-19(28-27-17)26-20(2,3)18-16(22)5-4-8-23-18/h4-9,11H,10H2,1-3H3,(H,24,29)(H,25,26,28). The van der Waals surface area contributed by atoms with Gasteiger partial charge < -0.3 is 10.6 Å². The molecule has 0 saturated heterocycles. The van der Waals surface area contributed by atoms with Crippen molar-refractivity contribution in [3.05, 3.63) is 65.6 Å². The molecule has 0 radical (unpaired) electrons. The Hall–Kier alpha value is -3.49. The Kier molecular flexibility index (Phi) is 5.76. The van der Waals surface area contributed by atoms with Gasteiger partial charge in [0.2, 0.25) is 11.9 Å². The lowest BCUT2D eigenvalue weighted by Gasteiger charge is -2.25. The molecule has 1 amide bonds. The number of aromatic nitrogens is 4. The molecule has 2 aromatic heterocycles. The van der Waals surface area contributed by atoms with Crippen LogP contribution in [0.15, 0.2) is 42.7 Å². The number of carbonyl (C=O) groups is 1. The zero-order valence-corrected chi connectivity index (χ0v) is 16.2. The molecule has 0 bridgehead atoms. The van der Waals surface area contributed by atoms with E-state index in [-0.39, 0.29) is 35.4 Å². The summed E-state index contributed by atoms with van der Waals surface area (Å²) in [7, 11) is 0. The van der Waals surface area contributed by atoms with Gasteiger partial charge in [0.15, 0.2) is 0 Å². The van der Waals surface area contributed by atoms with Gasteiger partial charge in [-0.15, -0.1) is 10.2 Å². The highest BCUT2D eigenvalue weighted by molar-refractivity contribution is 5.72. The predicted molar refractivity (Wildman–Crippen MR) is 104 cm³/mol. The molecule has 7 nitrogen and oxygen atoms in total. The molecule has 0 spiro atoms. The van der Waals surface area contributed by atoms with E-state index in [2.05, 4.69) is 30.8 Å². The van der Waals surface area contributed by atoms with Crippen molar-refractivity contribution in [2.24, 2.45) is 0 Å². The Morgan fingerprint density at radius 2 is 1.90 bits per heavy atom. The van der Waals surface area contributed by atoms with Gasteiger partial charge in [0, 0.05) is 25.2 Å². The maximum absolute atomic E-state index is 14.2. The lowest BCUT2D eigenvalue weighted by molar-refractivity contribution is -0.119. The van der Waals surface area contributed by atoms with Crippen LogP contribution in [0.2, 0.25) is 0 Å². The highest BCUT2D eigenvalue weighted by Crippen LogP contribution is 2.25. The summed E-state index contributed by atoms with van der Waals surface area (Å²) < 4.78 is 28.3. The molecule has 9 heteroatoms. The molecule has 3 rings (SSSR count). The molecular weight excluding hydrogens is 378 g/mol. The predicted octanol–water partition coefficient (Wildman–Crippen LogP) is 3.20. The molecule has 2 heterocycles. The minimum atomic E-state index is -0.891. The van der Waals surface area contributed by atoms with Crippen molar-refractivity contribution in [2.45, 2.75) is 32.9 Å². The van der Waals surface area contributed by atoms with Crippen LogP contribution in [-0.2, 0) is 16.9 Å². The number of hydrogen-bond acceptors (Lipinski definition) is 6. The van der Waals surface area contributed by atoms with Gasteiger partial charge in [-0.1, -0.05) is 6.07 Å². The average Bonchev–Trinajstić information content (AvgIpc) is 2.68. The number of benzene rings is 1. The molecular formula is C20H20F2N6O. The number of halogens is 2. The van der Waals surface area contributed by atoms with Crippen molar-refractivity contribution in [3.63, 3.8) is 0 Å². The minimum absolute atomic E-state index is 0.151. The van der Waals surface area contributed by atoms with Gasteiger partial charge in [-0.2, -0.15) is 0 Å². The van der Waals surface area contributed by atoms with Crippen molar-refractivity contribution in [1.29, 1.82) is 0 Å². The Bertz CT molecular complexity index is 1020. The summed E-state index contributed by atoms with van der Waals surface area (Å²) in [4.78, 5) is 19.3. The van der Waals surface area contributed by atoms with Gasteiger partial charge in [0.1, 0.15) is 23.0 Å². The molecule has 0 saturated carbocycles. The van der Waals surface area contributed by atoms with E-state index in [4.69, 9.17) is 0 Å². The fraction of sp³-hybridized carbons (Fsp3) is 0.250. The number of nitrogens with zero attached hydrogens (tertiary/aromatic N) is 4. The monoisotopic (exact) mass is 398 g/mol. The number of amides is 1. The Labute approximate surface area is 166 Å². The summed E-state index contributed by atoms with van der Waals surface area (Å²) in [5.74, 6) is -0.963. The number of carbonyl (C=O) groups excluding carboxylic acids is 1. The first-order valence-electron chi connectivity index (χ1n) is 8.88. The first-order valence-corrected chi connectivity index (χ1v) is 8.88. The van der Waals surface area contributed by atoms with Crippen molar-refractivity contribution in [1.82, 2.24) is 25.5 Å². The summed E-state index contributed by atoms with van der Waals surface area (Å²) in [5.41, 5.74) is 0.490. The first kappa shape index (κ1) is 20.2. The van der Waals surface area contributed by atoms with E-state index in [0.29, 0.717) is 5.56 Å². The Morgan fingerprint density at radius 3 is 2.55 bits per heavy atom. The molecule has 0 atom stereocenters. The summed E-state index contributed by atoms with van der Waals surface area (Å²) in [5, 5.41) is 13.7. The van der Waals surface area contributed by atoms with E-state index in [0.717, 1.165) is 0 Å². The third-order valence-electron chi connectivity index (χ3n) is 4.18. The van der Waals surface area contributed by atoms with Crippen LogP contribution in [0.25, 0.3) is 11.3 Å². The fourth-order valence-electron chi connectivity index (χ4n) is 2.75. The van der Waals surface area contributed by atoms with Crippen LogP contribution in [0.3, 0.4) is 0 Å². The number of nitrogens with one attached hydrogen (secondary N) is 2. The van der Waals surface area contributed by atoms with Crippen molar-refractivity contribution in [2.75, 3.05) is 5.32 Å². The van der Waals surface area contributed by atoms with E-state index in [1.807, 2.05) is 0 Å². The second-order valence-electron chi connectivity index (χ2n) is 6.97. The Balaban J connectivity index is 1.81. The zero-order chi connectivity index (χ0) is 21.0. The molecule has 0 aliphatic rings. The summed E-state index contributed by atoms with van der Waals surface area (Å²) in [6, 6.07) is 7.29. The van der Waals surface area contributed by atoms with Crippen LogP contribution < -0.4 is 10.6 Å². The van der Waals surface area contributed by atoms with Crippen LogP contribution in [0.1, 0.15) is 32.0 Å². The molecule has 29 heavy (non-hydrogen) atoms. The molecule has 0 aliphatic carbocycles. The summed E-state index contributed by atoms with van der Waals surface area (Å²) >= 11 is 0. The van der Waals surface area contributed by atoms with E-state index < -0.39 is 17.2 Å². The van der Waals surface area contributed by atoms with Crippen LogP contribution in [-0.4, -0.2) is 26.1 Å². The molecule has 150 valence electrons. The van der Waals surface area contributed by atoms with Crippen molar-refractivity contribution in [3.8, 4) is 11.3 Å². The highest BCUT2D eigenvalue weighted by Gasteiger charge is 2.26. The van der Waals surface area contributed by atoms with E-state index in [1.165, 1.54) is 37.5 Å². The number of pyridine rings is 1. The Morgan fingerprint density at radius 1 is 1.10 bits per heavy atom. The number of rotatable bonds is 6. The van der Waals surface area contributed by atoms with Crippen LogP contribution in [0, 0.1) is 11.6 Å². The molecule has 1 aromatic carbocycles. The number of hydrogen-bond donors (Lipinski definition) is 2. The van der Waals surface area contributed by atoms with Crippen LogP contribution >= 0.6 is 0 Å². The lowest BCUT2D eigenvalue weighted by Crippen LogP contribution is -2.31. The molecule has 2 N–H and O–H groups in total. The SMILES string of the molecule is CC(=O)NCc1ccc(F)c(-c2cnc(NC(C)(C)c3ncccc3F)nn2)c1. The largest absolute Gasteiger partial charge is 0.352 e. The third kappa shape index (κ3) is 4.87. The smallest absolute Gasteiger partial charge is 0.243 e. The molecule has 0 unspecified atom stereocenters. The topological polar surface area (TPSA) is 92.7 Å². The fourth-order valence-corrected chi connectivity index (χ4v) is 2.75. The van der Waals surface area contributed by atoms with Crippen molar-refractivity contribution < 1.29 is 13.6 Å². The van der Waals surface area contributed by atoms with Crippen LogP contribution in [0.4, 0.5) is 14.7 Å². The van der Waals surface area contributed by atoms with Gasteiger partial charge >= 0.3 is 0 Å². The minimum Gasteiger partial charge on any atom is -0.352 e. The van der Waals surface area contributed by atoms with Gasteiger partial charge in [0.25, 0.3) is 0 Å². The maximum Gasteiger partial charge on any atom is 0.243 e. The maximum atomic E-state index is 14.2. The normalized spacial score (nSPS) is 11.2. The van der Waals surface area contributed by atoms with E-state index in [9.17, 15) is 13.6 Å². The third-order valence-corrected chi connectivity index (χ3v) is 4.18. The quantitative estimate of drug-likeness (QED) is 0.663. The second kappa shape index (κ2) is 8.26. The average molecular weight is 398 g/mol. The summed E-state index contributed by atoms with van der Waals surface area (Å²) in [6.07, 6.45) is 2.88. The van der Waals surface area contributed by atoms with E-state index in [1.54, 1.807) is 26.0 Å². The first-order chi connectivity index (χ1) is 13.8. The highest BCUT2D eigenvalue weighted by atomic mass is 19.1. The summed E-state index contributed by atoms with van der Waals surface area (Å²) in [6.45, 7) is 5.15. The number of anilines is 1. The molecule has 0 aliphatic heterocycles. The van der Waals surface area contributed by atoms with Gasteiger partial charge in [-0.3, -0.25) is 9.78 Å².